The summed E-state index contributed by atoms with van der Waals surface area (Å²) in [6.07, 6.45) is 0.861. The van der Waals surface area contributed by atoms with Crippen molar-refractivity contribution in [2.24, 2.45) is 5.73 Å². The summed E-state index contributed by atoms with van der Waals surface area (Å²) in [5.41, 5.74) is 5.45. The predicted octanol–water partition coefficient (Wildman–Crippen LogP) is 3.20. The Morgan fingerprint density at radius 1 is 1.38 bits per heavy atom. The summed E-state index contributed by atoms with van der Waals surface area (Å²) in [4.78, 5) is 3.93. The Morgan fingerprint density at radius 3 is 2.67 bits per heavy atom. The van der Waals surface area contributed by atoms with E-state index in [0.717, 1.165) is 18.6 Å². The summed E-state index contributed by atoms with van der Waals surface area (Å²) in [7, 11) is 0. The molecule has 2 rings (SSSR count). The first-order valence-corrected chi connectivity index (χ1v) is 7.14. The fourth-order valence-corrected chi connectivity index (χ4v) is 2.06. The molecule has 0 spiro atoms. The minimum Gasteiger partial charge on any atom is -0.379 e. The van der Waals surface area contributed by atoms with Gasteiger partial charge in [0.05, 0.1) is 12.6 Å². The summed E-state index contributed by atoms with van der Waals surface area (Å²) in [6, 6.07) is 1.62. The van der Waals surface area contributed by atoms with Gasteiger partial charge in [-0.3, -0.25) is 0 Å². The summed E-state index contributed by atoms with van der Waals surface area (Å²) in [5, 5.41) is 3.64. The van der Waals surface area contributed by atoms with Crippen LogP contribution in [0.15, 0.2) is 21.1 Å². The van der Waals surface area contributed by atoms with Gasteiger partial charge in [0.2, 0.25) is 0 Å². The number of hydrogen-bond acceptors (Lipinski definition) is 5. The maximum Gasteiger partial charge on any atom is 0.263 e. The van der Waals surface area contributed by atoms with Gasteiger partial charge in [0, 0.05) is 11.1 Å². The monoisotopic (exact) mass is 361 g/mol. The van der Waals surface area contributed by atoms with Crippen LogP contribution in [0.3, 0.4) is 0 Å². The van der Waals surface area contributed by atoms with Crippen molar-refractivity contribution >= 4 is 15.9 Å². The number of halogens is 3. The minimum absolute atomic E-state index is 0.142. The largest absolute Gasteiger partial charge is 0.379 e. The van der Waals surface area contributed by atoms with E-state index in [2.05, 4.69) is 26.1 Å². The van der Waals surface area contributed by atoms with Crippen LogP contribution in [0.1, 0.15) is 25.2 Å². The van der Waals surface area contributed by atoms with Crippen molar-refractivity contribution in [3.05, 3.63) is 34.1 Å². The highest BCUT2D eigenvalue weighted by Gasteiger charge is 2.21. The molecular formula is C13H14BrF2N3O2. The summed E-state index contributed by atoms with van der Waals surface area (Å²) in [5.74, 6) is -1.71. The molecule has 114 valence electrons. The normalized spacial score (nSPS) is 12.6. The Kier molecular flexibility index (Phi) is 5.38. The lowest BCUT2D eigenvalue weighted by molar-refractivity contribution is 0.119. The second kappa shape index (κ2) is 7.06. The third-order valence-corrected chi connectivity index (χ3v) is 3.10. The van der Waals surface area contributed by atoms with E-state index in [1.807, 2.05) is 6.92 Å². The zero-order valence-corrected chi connectivity index (χ0v) is 12.9. The molecule has 2 aromatic rings. The van der Waals surface area contributed by atoms with Crippen LogP contribution in [-0.2, 0) is 4.74 Å². The molecule has 2 N–H and O–H groups in total. The number of ether oxygens (including phenoxy) is 1. The first-order valence-electron chi connectivity index (χ1n) is 6.34. The van der Waals surface area contributed by atoms with Gasteiger partial charge in [-0.15, -0.1) is 0 Å². The van der Waals surface area contributed by atoms with Gasteiger partial charge in [-0.05, 0) is 18.6 Å². The van der Waals surface area contributed by atoms with E-state index in [9.17, 15) is 8.78 Å². The molecule has 1 heterocycles. The van der Waals surface area contributed by atoms with E-state index in [0.29, 0.717) is 6.61 Å². The number of nitrogens with two attached hydrogens (primary N) is 1. The third-order valence-electron chi connectivity index (χ3n) is 2.64. The summed E-state index contributed by atoms with van der Waals surface area (Å²) >= 11 is 3.00. The molecule has 0 amide bonds. The van der Waals surface area contributed by atoms with E-state index in [1.165, 1.54) is 0 Å². The Balaban J connectivity index is 2.20. The lowest BCUT2D eigenvalue weighted by atomic mass is 10.2. The van der Waals surface area contributed by atoms with Crippen molar-refractivity contribution in [1.82, 2.24) is 10.1 Å². The van der Waals surface area contributed by atoms with Crippen molar-refractivity contribution < 1.29 is 18.0 Å². The Bertz CT molecular complexity index is 598. The smallest absolute Gasteiger partial charge is 0.263 e. The van der Waals surface area contributed by atoms with Crippen LogP contribution < -0.4 is 5.73 Å². The predicted molar refractivity (Wildman–Crippen MR) is 75.4 cm³/mol. The zero-order chi connectivity index (χ0) is 15.4. The summed E-state index contributed by atoms with van der Waals surface area (Å²) in [6.45, 7) is 2.74. The Morgan fingerprint density at radius 2 is 2.05 bits per heavy atom. The van der Waals surface area contributed by atoms with Gasteiger partial charge in [-0.2, -0.15) is 4.98 Å². The fraction of sp³-hybridized carbons (Fsp3) is 0.385. The van der Waals surface area contributed by atoms with E-state index in [4.69, 9.17) is 15.0 Å². The molecule has 0 aliphatic carbocycles. The van der Waals surface area contributed by atoms with Gasteiger partial charge in [0.1, 0.15) is 17.2 Å². The van der Waals surface area contributed by atoms with Crippen LogP contribution in [0, 0.1) is 11.6 Å². The van der Waals surface area contributed by atoms with Crippen molar-refractivity contribution in [3.63, 3.8) is 0 Å². The summed E-state index contributed by atoms with van der Waals surface area (Å²) < 4.78 is 38.1. The molecule has 1 atom stereocenters. The van der Waals surface area contributed by atoms with E-state index >= 15 is 0 Å². The molecule has 1 aromatic carbocycles. The Labute approximate surface area is 128 Å². The zero-order valence-electron chi connectivity index (χ0n) is 11.3. The van der Waals surface area contributed by atoms with Crippen molar-refractivity contribution in [3.8, 4) is 11.5 Å². The first kappa shape index (κ1) is 16.0. The standard InChI is InChI=1S/C13H14BrF2N3O2/c1-2-3-20-6-10(17)12-18-13(21-19-12)11-8(15)4-7(14)5-9(11)16/h4-5,10H,2-3,6,17H2,1H3. The number of hydrogen-bond donors (Lipinski definition) is 1. The van der Waals surface area contributed by atoms with Gasteiger partial charge in [0.25, 0.3) is 5.89 Å². The van der Waals surface area contributed by atoms with Gasteiger partial charge in [0.15, 0.2) is 5.82 Å². The number of rotatable bonds is 6. The topological polar surface area (TPSA) is 74.2 Å². The maximum absolute atomic E-state index is 13.8. The molecule has 0 radical (unpaired) electrons. The maximum atomic E-state index is 13.8. The highest BCUT2D eigenvalue weighted by molar-refractivity contribution is 9.10. The van der Waals surface area contributed by atoms with E-state index in [1.54, 1.807) is 0 Å². The molecule has 21 heavy (non-hydrogen) atoms. The van der Waals surface area contributed by atoms with Crippen LogP contribution >= 0.6 is 15.9 Å². The van der Waals surface area contributed by atoms with Crippen LogP contribution in [-0.4, -0.2) is 23.4 Å². The van der Waals surface area contributed by atoms with Crippen LogP contribution in [0.4, 0.5) is 8.78 Å². The molecule has 0 aliphatic heterocycles. The van der Waals surface area contributed by atoms with Gasteiger partial charge in [-0.25, -0.2) is 8.78 Å². The Hall–Kier alpha value is -1.38. The molecule has 1 unspecified atom stereocenters. The molecule has 1 aromatic heterocycles. The van der Waals surface area contributed by atoms with Gasteiger partial charge in [-0.1, -0.05) is 28.0 Å². The van der Waals surface area contributed by atoms with Crippen LogP contribution in [0.5, 0.6) is 0 Å². The molecule has 5 nitrogen and oxygen atoms in total. The third kappa shape index (κ3) is 3.84. The van der Waals surface area contributed by atoms with E-state index < -0.39 is 17.7 Å². The van der Waals surface area contributed by atoms with Crippen LogP contribution in [0.25, 0.3) is 11.5 Å². The van der Waals surface area contributed by atoms with Gasteiger partial charge < -0.3 is 15.0 Å². The highest BCUT2D eigenvalue weighted by atomic mass is 79.9. The molecule has 8 heteroatoms. The highest BCUT2D eigenvalue weighted by Crippen LogP contribution is 2.28. The van der Waals surface area contributed by atoms with E-state index in [-0.39, 0.29) is 28.4 Å². The molecule has 0 saturated carbocycles. The van der Waals surface area contributed by atoms with Crippen molar-refractivity contribution in [2.75, 3.05) is 13.2 Å². The van der Waals surface area contributed by atoms with Gasteiger partial charge >= 0.3 is 0 Å². The SMILES string of the molecule is CCCOCC(N)c1noc(-c2c(F)cc(Br)cc2F)n1. The molecule has 0 aliphatic rings. The molecule has 0 bridgehead atoms. The average molecular weight is 362 g/mol. The van der Waals surface area contributed by atoms with Crippen molar-refractivity contribution in [1.29, 1.82) is 0 Å². The molecular weight excluding hydrogens is 348 g/mol. The first-order chi connectivity index (χ1) is 10.0. The van der Waals surface area contributed by atoms with Crippen LogP contribution in [0.2, 0.25) is 0 Å². The number of nitrogens with zero attached hydrogens (tertiary/aromatic N) is 2. The average Bonchev–Trinajstić information content (AvgIpc) is 2.87. The number of benzene rings is 1. The lowest BCUT2D eigenvalue weighted by Gasteiger charge is -2.06. The second-order valence-corrected chi connectivity index (χ2v) is 5.30. The second-order valence-electron chi connectivity index (χ2n) is 4.38. The lowest BCUT2D eigenvalue weighted by Crippen LogP contribution is -2.18. The number of aromatic nitrogens is 2. The molecule has 0 saturated heterocycles. The molecule has 0 fully saturated rings. The van der Waals surface area contributed by atoms with Crippen molar-refractivity contribution in [2.45, 2.75) is 19.4 Å². The minimum atomic E-state index is -0.798. The fourth-order valence-electron chi connectivity index (χ4n) is 1.66. The quantitative estimate of drug-likeness (QED) is 0.799.